The number of carboxylic acid groups (broad SMARTS) is 2. The summed E-state index contributed by atoms with van der Waals surface area (Å²) in [5.74, 6) is -3.01. The van der Waals surface area contributed by atoms with Gasteiger partial charge >= 0.3 is 11.9 Å². The van der Waals surface area contributed by atoms with E-state index in [9.17, 15) is 29.4 Å². The van der Waals surface area contributed by atoms with Gasteiger partial charge in [0, 0.05) is 11.8 Å². The van der Waals surface area contributed by atoms with Crippen molar-refractivity contribution < 1.29 is 29.4 Å². The van der Waals surface area contributed by atoms with Crippen molar-refractivity contribution in [3.63, 3.8) is 0 Å². The van der Waals surface area contributed by atoms with E-state index in [2.05, 4.69) is 10.6 Å². The van der Waals surface area contributed by atoms with Crippen LogP contribution in [0, 0.1) is 22.7 Å². The summed E-state index contributed by atoms with van der Waals surface area (Å²) in [6, 6.07) is 0. The molecule has 2 saturated carbocycles. The van der Waals surface area contributed by atoms with Crippen molar-refractivity contribution in [2.45, 2.75) is 79.1 Å². The number of nitrogens with one attached hydrogen (secondary N) is 2. The molecule has 8 nitrogen and oxygen atoms in total. The summed E-state index contributed by atoms with van der Waals surface area (Å²) in [5.41, 5.74) is -0.248. The average Bonchev–Trinajstić information content (AvgIpc) is 3.54. The van der Waals surface area contributed by atoms with Gasteiger partial charge in [0.15, 0.2) is 0 Å². The van der Waals surface area contributed by atoms with E-state index in [1.165, 1.54) is 0 Å². The molecule has 0 aromatic heterocycles. The van der Waals surface area contributed by atoms with Gasteiger partial charge in [-0.2, -0.15) is 0 Å². The van der Waals surface area contributed by atoms with Crippen LogP contribution in [-0.4, -0.2) is 34.0 Å². The largest absolute Gasteiger partial charge is 0.477 e. The molecule has 2 atom stereocenters. The van der Waals surface area contributed by atoms with E-state index in [1.807, 2.05) is 27.7 Å². The molecule has 0 aromatic carbocycles. The van der Waals surface area contributed by atoms with Crippen molar-refractivity contribution in [1.29, 1.82) is 0 Å². The summed E-state index contributed by atoms with van der Waals surface area (Å²) in [4.78, 5) is 46.9. The number of amides is 2. The number of allylic oxidation sites excluding steroid dienone is 2. The zero-order valence-corrected chi connectivity index (χ0v) is 19.5. The zero-order chi connectivity index (χ0) is 24.1. The summed E-state index contributed by atoms with van der Waals surface area (Å²) in [5, 5.41) is 23.6. The Balaban J connectivity index is 1.66. The molecule has 8 heteroatoms. The number of carbonyl (C=O) groups excluding carboxylic acids is 2. The first-order chi connectivity index (χ1) is 14.8. The molecule has 4 N–H and O–H groups in total. The van der Waals surface area contributed by atoms with Crippen molar-refractivity contribution >= 4 is 23.8 Å². The SMILES string of the molecule is CC1(C)CC1C(=O)NC(=CCCCCCCC=C(NC(=O)C1CC1(C)C)C(=O)O)C(=O)O. The monoisotopic (exact) mass is 448 g/mol. The van der Waals surface area contributed by atoms with Crippen molar-refractivity contribution in [3.05, 3.63) is 23.5 Å². The predicted octanol–water partition coefficient (Wildman–Crippen LogP) is 3.59. The molecule has 2 aliphatic carbocycles. The van der Waals surface area contributed by atoms with Crippen LogP contribution in [0.5, 0.6) is 0 Å². The third kappa shape index (κ3) is 7.50. The summed E-state index contributed by atoms with van der Waals surface area (Å²) < 4.78 is 0. The Bertz CT molecular complexity index is 756. The van der Waals surface area contributed by atoms with Gasteiger partial charge in [0.1, 0.15) is 11.4 Å². The minimum Gasteiger partial charge on any atom is -0.477 e. The number of hydrogen-bond acceptors (Lipinski definition) is 4. The summed E-state index contributed by atoms with van der Waals surface area (Å²) in [6.07, 6.45) is 8.96. The third-order valence-corrected chi connectivity index (χ3v) is 6.49. The highest BCUT2D eigenvalue weighted by Gasteiger charge is 2.51. The Morgan fingerprint density at radius 3 is 1.28 bits per heavy atom. The lowest BCUT2D eigenvalue weighted by molar-refractivity contribution is -0.135. The molecule has 2 unspecified atom stereocenters. The van der Waals surface area contributed by atoms with Gasteiger partial charge in [-0.15, -0.1) is 0 Å². The quantitative estimate of drug-likeness (QED) is 0.251. The Morgan fingerprint density at radius 2 is 1.03 bits per heavy atom. The van der Waals surface area contributed by atoms with E-state index in [0.717, 1.165) is 38.5 Å². The average molecular weight is 449 g/mol. The molecule has 0 radical (unpaired) electrons. The molecule has 0 heterocycles. The summed E-state index contributed by atoms with van der Waals surface area (Å²) >= 11 is 0. The van der Waals surface area contributed by atoms with Crippen LogP contribution in [0.4, 0.5) is 0 Å². The Hall–Kier alpha value is -2.64. The van der Waals surface area contributed by atoms with Gasteiger partial charge in [-0.25, -0.2) is 9.59 Å². The van der Waals surface area contributed by atoms with Crippen LogP contribution in [0.2, 0.25) is 0 Å². The topological polar surface area (TPSA) is 133 Å². The van der Waals surface area contributed by atoms with E-state index in [0.29, 0.717) is 12.8 Å². The van der Waals surface area contributed by atoms with Crippen molar-refractivity contribution in [1.82, 2.24) is 10.6 Å². The minimum atomic E-state index is -1.14. The fraction of sp³-hybridized carbons (Fsp3) is 0.667. The molecule has 178 valence electrons. The number of carboxylic acids is 2. The normalized spacial score (nSPS) is 23.2. The van der Waals surface area contributed by atoms with E-state index < -0.39 is 11.9 Å². The highest BCUT2D eigenvalue weighted by atomic mass is 16.4. The molecule has 0 aromatic rings. The van der Waals surface area contributed by atoms with Crippen LogP contribution in [-0.2, 0) is 19.2 Å². The minimum absolute atomic E-state index is 0.0556. The standard InChI is InChI=1S/C24H36N2O6/c1-23(2)13-15(23)19(27)25-17(21(29)30)11-9-7-5-6-8-10-12-18(22(31)32)26-20(28)16-14-24(16,3)4/h11-12,15-16H,5-10,13-14H2,1-4H3,(H,25,27)(H,26,28)(H,29,30)(H,31,32). The number of hydrogen-bond donors (Lipinski definition) is 4. The molecule has 2 aliphatic rings. The molecule has 2 amide bonds. The van der Waals surface area contributed by atoms with E-state index in [-0.39, 0.29) is 45.9 Å². The zero-order valence-electron chi connectivity index (χ0n) is 19.5. The number of aliphatic carboxylic acids is 2. The van der Waals surface area contributed by atoms with Gasteiger partial charge < -0.3 is 20.8 Å². The highest BCUT2D eigenvalue weighted by molar-refractivity contribution is 5.95. The predicted molar refractivity (Wildman–Crippen MR) is 119 cm³/mol. The molecular weight excluding hydrogens is 412 g/mol. The van der Waals surface area contributed by atoms with Gasteiger partial charge in [-0.05, 0) is 49.4 Å². The number of unbranched alkanes of at least 4 members (excludes halogenated alkanes) is 5. The smallest absolute Gasteiger partial charge is 0.352 e. The van der Waals surface area contributed by atoms with Crippen molar-refractivity contribution in [2.24, 2.45) is 22.7 Å². The first-order valence-corrected chi connectivity index (χ1v) is 11.3. The maximum atomic E-state index is 12.1. The van der Waals surface area contributed by atoms with Gasteiger partial charge in [0.05, 0.1) is 0 Å². The molecule has 2 rings (SSSR count). The number of carbonyl (C=O) groups is 4. The molecule has 2 fully saturated rings. The number of rotatable bonds is 13. The van der Waals surface area contributed by atoms with Gasteiger partial charge in [-0.3, -0.25) is 9.59 Å². The third-order valence-electron chi connectivity index (χ3n) is 6.49. The van der Waals surface area contributed by atoms with Crippen LogP contribution in [0.1, 0.15) is 79.1 Å². The van der Waals surface area contributed by atoms with Crippen LogP contribution in [0.15, 0.2) is 23.5 Å². The molecular formula is C24H36N2O6. The molecule has 0 bridgehead atoms. The summed E-state index contributed by atoms with van der Waals surface area (Å²) in [7, 11) is 0. The maximum absolute atomic E-state index is 12.1. The van der Waals surface area contributed by atoms with Crippen LogP contribution in [0.3, 0.4) is 0 Å². The Kier molecular flexibility index (Phi) is 8.26. The highest BCUT2D eigenvalue weighted by Crippen LogP contribution is 2.52. The first kappa shape index (κ1) is 25.6. The van der Waals surface area contributed by atoms with Crippen LogP contribution in [0.25, 0.3) is 0 Å². The Labute approximate surface area is 189 Å². The fourth-order valence-electron chi connectivity index (χ4n) is 3.79. The molecule has 0 aliphatic heterocycles. The maximum Gasteiger partial charge on any atom is 0.352 e. The first-order valence-electron chi connectivity index (χ1n) is 11.3. The second-order valence-corrected chi connectivity index (χ2v) is 10.3. The van der Waals surface area contributed by atoms with E-state index in [4.69, 9.17) is 0 Å². The van der Waals surface area contributed by atoms with Gasteiger partial charge in [-0.1, -0.05) is 52.7 Å². The van der Waals surface area contributed by atoms with Gasteiger partial charge in [0.2, 0.25) is 11.8 Å². The molecule has 0 saturated heterocycles. The second kappa shape index (κ2) is 10.3. The summed E-state index contributed by atoms with van der Waals surface area (Å²) in [6.45, 7) is 7.94. The van der Waals surface area contributed by atoms with E-state index in [1.54, 1.807) is 12.2 Å². The molecule has 0 spiro atoms. The lowest BCUT2D eigenvalue weighted by Crippen LogP contribution is -2.29. The van der Waals surface area contributed by atoms with Crippen LogP contribution >= 0.6 is 0 Å². The van der Waals surface area contributed by atoms with Crippen molar-refractivity contribution in [3.8, 4) is 0 Å². The van der Waals surface area contributed by atoms with Gasteiger partial charge in [0.25, 0.3) is 0 Å². The Morgan fingerprint density at radius 1 is 0.719 bits per heavy atom. The van der Waals surface area contributed by atoms with Crippen molar-refractivity contribution in [2.75, 3.05) is 0 Å². The lowest BCUT2D eigenvalue weighted by Gasteiger charge is -2.08. The lowest BCUT2D eigenvalue weighted by atomic mass is 10.1. The van der Waals surface area contributed by atoms with E-state index >= 15 is 0 Å². The molecule has 32 heavy (non-hydrogen) atoms. The fourth-order valence-corrected chi connectivity index (χ4v) is 3.79. The van der Waals surface area contributed by atoms with Crippen LogP contribution < -0.4 is 10.6 Å². The second-order valence-electron chi connectivity index (χ2n) is 10.3.